The standard InChI is InChI=1S/C28H36F4N2O/c29-24-15-19(14-23(16-24)28(30,31)32)18-33-26(35)27(22-6-7-22)11-8-25(17-27)34-12-9-21(10-13-34)20-4-2-1-3-5-20/h1-5,16,19,21-23,25H,6-15,17-18H2,(H,33,35). The zero-order valence-corrected chi connectivity index (χ0v) is 20.2. The Morgan fingerprint density at radius 2 is 1.77 bits per heavy atom. The van der Waals surface area contributed by atoms with Gasteiger partial charge in [0, 0.05) is 19.0 Å². The van der Waals surface area contributed by atoms with Crippen LogP contribution in [0.1, 0.15) is 69.3 Å². The van der Waals surface area contributed by atoms with Crippen LogP contribution < -0.4 is 5.32 Å². The summed E-state index contributed by atoms with van der Waals surface area (Å²) in [6, 6.07) is 11.1. The molecule has 192 valence electrons. The second-order valence-corrected chi connectivity index (χ2v) is 11.3. The molecular formula is C28H36F4N2O. The summed E-state index contributed by atoms with van der Waals surface area (Å²) in [6.45, 7) is 2.20. The van der Waals surface area contributed by atoms with E-state index in [4.69, 9.17) is 0 Å². The summed E-state index contributed by atoms with van der Waals surface area (Å²) in [4.78, 5) is 16.0. The lowest BCUT2D eigenvalue weighted by Gasteiger charge is -2.37. The van der Waals surface area contributed by atoms with Crippen molar-refractivity contribution in [2.45, 2.75) is 75.9 Å². The smallest absolute Gasteiger partial charge is 0.355 e. The number of hydrogen-bond donors (Lipinski definition) is 1. The van der Waals surface area contributed by atoms with E-state index in [0.717, 1.165) is 58.0 Å². The van der Waals surface area contributed by atoms with Gasteiger partial charge in [-0.15, -0.1) is 0 Å². The fraction of sp³-hybridized carbons (Fsp3) is 0.679. The number of likely N-dealkylation sites (tertiary alicyclic amines) is 1. The minimum Gasteiger partial charge on any atom is -0.355 e. The highest BCUT2D eigenvalue weighted by atomic mass is 19.4. The van der Waals surface area contributed by atoms with Crippen LogP contribution in [0, 0.1) is 23.2 Å². The Hall–Kier alpha value is -1.89. The van der Waals surface area contributed by atoms with Crippen LogP contribution in [0.25, 0.3) is 0 Å². The van der Waals surface area contributed by atoms with Crippen molar-refractivity contribution in [3.63, 3.8) is 0 Å². The molecule has 1 saturated heterocycles. The summed E-state index contributed by atoms with van der Waals surface area (Å²) in [5.41, 5.74) is 1.000. The number of nitrogens with one attached hydrogen (secondary N) is 1. The molecular weight excluding hydrogens is 456 g/mol. The van der Waals surface area contributed by atoms with Gasteiger partial charge in [-0.1, -0.05) is 30.3 Å². The number of amides is 1. The Labute approximate surface area is 205 Å². The molecule has 1 aromatic carbocycles. The number of alkyl halides is 3. The maximum absolute atomic E-state index is 13.9. The lowest BCUT2D eigenvalue weighted by molar-refractivity contribution is -0.167. The molecule has 1 amide bonds. The summed E-state index contributed by atoms with van der Waals surface area (Å²) in [5.74, 6) is -2.03. The molecule has 7 heteroatoms. The Bertz CT molecular complexity index is 921. The third kappa shape index (κ3) is 5.45. The van der Waals surface area contributed by atoms with Gasteiger partial charge in [0.2, 0.25) is 5.91 Å². The van der Waals surface area contributed by atoms with E-state index >= 15 is 0 Å². The van der Waals surface area contributed by atoms with Gasteiger partial charge in [0.1, 0.15) is 0 Å². The Morgan fingerprint density at radius 3 is 2.43 bits per heavy atom. The molecule has 4 atom stereocenters. The molecule has 3 nitrogen and oxygen atoms in total. The minimum atomic E-state index is -4.44. The fourth-order valence-corrected chi connectivity index (χ4v) is 6.95. The summed E-state index contributed by atoms with van der Waals surface area (Å²) in [7, 11) is 0. The van der Waals surface area contributed by atoms with Gasteiger partial charge < -0.3 is 10.2 Å². The molecule has 0 bridgehead atoms. The average Bonchev–Trinajstić information content (AvgIpc) is 3.61. The molecule has 0 aromatic heterocycles. The van der Waals surface area contributed by atoms with E-state index in [1.54, 1.807) is 0 Å². The number of nitrogens with zero attached hydrogens (tertiary/aromatic N) is 1. The number of rotatable bonds is 6. The van der Waals surface area contributed by atoms with Crippen molar-refractivity contribution in [1.82, 2.24) is 10.2 Å². The van der Waals surface area contributed by atoms with Gasteiger partial charge >= 0.3 is 6.18 Å². The number of halogens is 4. The van der Waals surface area contributed by atoms with Crippen LogP contribution in [0.4, 0.5) is 17.6 Å². The normalized spacial score (nSPS) is 32.9. The van der Waals surface area contributed by atoms with Crippen molar-refractivity contribution in [1.29, 1.82) is 0 Å². The summed E-state index contributed by atoms with van der Waals surface area (Å²) < 4.78 is 53.3. The first-order chi connectivity index (χ1) is 16.7. The topological polar surface area (TPSA) is 32.3 Å². The van der Waals surface area contributed by atoms with E-state index < -0.39 is 29.3 Å². The van der Waals surface area contributed by atoms with Gasteiger partial charge in [-0.2, -0.15) is 13.2 Å². The van der Waals surface area contributed by atoms with Gasteiger partial charge in [-0.3, -0.25) is 4.79 Å². The molecule has 3 fully saturated rings. The number of allylic oxidation sites excluding steroid dienone is 2. The zero-order valence-electron chi connectivity index (χ0n) is 20.2. The van der Waals surface area contributed by atoms with Crippen molar-refractivity contribution in [2.75, 3.05) is 19.6 Å². The monoisotopic (exact) mass is 492 g/mol. The van der Waals surface area contributed by atoms with E-state index in [1.807, 2.05) is 0 Å². The van der Waals surface area contributed by atoms with Crippen LogP contribution in [-0.2, 0) is 4.79 Å². The molecule has 2 saturated carbocycles. The van der Waals surface area contributed by atoms with Crippen LogP contribution in [0.3, 0.4) is 0 Å². The maximum Gasteiger partial charge on any atom is 0.395 e. The van der Waals surface area contributed by atoms with Gasteiger partial charge in [0.25, 0.3) is 0 Å². The highest BCUT2D eigenvalue weighted by Crippen LogP contribution is 2.56. The van der Waals surface area contributed by atoms with E-state index in [9.17, 15) is 22.4 Å². The van der Waals surface area contributed by atoms with E-state index in [0.29, 0.717) is 24.0 Å². The third-order valence-corrected chi connectivity index (χ3v) is 9.08. The van der Waals surface area contributed by atoms with Crippen molar-refractivity contribution in [3.8, 4) is 0 Å². The molecule has 4 unspecified atom stereocenters. The second kappa shape index (κ2) is 9.87. The summed E-state index contributed by atoms with van der Waals surface area (Å²) in [5, 5.41) is 2.98. The highest BCUT2D eigenvalue weighted by Gasteiger charge is 2.55. The highest BCUT2D eigenvalue weighted by molar-refractivity contribution is 5.84. The van der Waals surface area contributed by atoms with Gasteiger partial charge in [-0.25, -0.2) is 4.39 Å². The van der Waals surface area contributed by atoms with Crippen molar-refractivity contribution < 1.29 is 22.4 Å². The Kier molecular flexibility index (Phi) is 6.99. The fourth-order valence-electron chi connectivity index (χ4n) is 6.95. The zero-order chi connectivity index (χ0) is 24.6. The summed E-state index contributed by atoms with van der Waals surface area (Å²) >= 11 is 0. The predicted octanol–water partition coefficient (Wildman–Crippen LogP) is 6.37. The molecule has 0 radical (unpaired) electrons. The number of piperidine rings is 1. The third-order valence-electron chi connectivity index (χ3n) is 9.08. The van der Waals surface area contributed by atoms with Crippen LogP contribution in [0.2, 0.25) is 0 Å². The van der Waals surface area contributed by atoms with Gasteiger partial charge in [0.05, 0.1) is 17.2 Å². The van der Waals surface area contributed by atoms with Gasteiger partial charge in [-0.05, 0) is 93.8 Å². The minimum absolute atomic E-state index is 0.0137. The molecule has 3 aliphatic carbocycles. The quantitative estimate of drug-likeness (QED) is 0.468. The number of carbonyl (C=O) groups excluding carboxylic acids is 1. The molecule has 1 heterocycles. The van der Waals surface area contributed by atoms with E-state index in [-0.39, 0.29) is 25.3 Å². The molecule has 1 aromatic rings. The predicted molar refractivity (Wildman–Crippen MR) is 127 cm³/mol. The first-order valence-electron chi connectivity index (χ1n) is 13.2. The van der Waals surface area contributed by atoms with Crippen molar-refractivity contribution in [3.05, 3.63) is 47.8 Å². The van der Waals surface area contributed by atoms with E-state index in [1.165, 1.54) is 5.56 Å². The first-order valence-corrected chi connectivity index (χ1v) is 13.2. The SMILES string of the molecule is O=C(NCC1CC(F)=CC(C(F)(F)F)C1)C1(C2CC2)CCC(N2CCC(c3ccccc3)CC2)C1. The molecule has 0 spiro atoms. The number of benzene rings is 1. The summed E-state index contributed by atoms with van der Waals surface area (Å²) in [6.07, 6.45) is 3.11. The van der Waals surface area contributed by atoms with Crippen molar-refractivity contribution >= 4 is 5.91 Å². The first kappa shape index (κ1) is 24.8. The maximum atomic E-state index is 13.9. The van der Waals surface area contributed by atoms with Gasteiger partial charge in [0.15, 0.2) is 0 Å². The molecule has 1 N–H and O–H groups in total. The largest absolute Gasteiger partial charge is 0.395 e. The van der Waals surface area contributed by atoms with Crippen molar-refractivity contribution in [2.24, 2.45) is 23.2 Å². The van der Waals surface area contributed by atoms with Crippen LogP contribution in [0.15, 0.2) is 42.2 Å². The number of carbonyl (C=O) groups is 1. The lowest BCUT2D eigenvalue weighted by Crippen LogP contribution is -2.46. The van der Waals surface area contributed by atoms with E-state index in [2.05, 4.69) is 40.5 Å². The molecule has 4 aliphatic rings. The Morgan fingerprint density at radius 1 is 1.06 bits per heavy atom. The number of hydrogen-bond acceptors (Lipinski definition) is 2. The second-order valence-electron chi connectivity index (χ2n) is 11.3. The molecule has 5 rings (SSSR count). The molecule has 1 aliphatic heterocycles. The lowest BCUT2D eigenvalue weighted by atomic mass is 9.79. The van der Waals surface area contributed by atoms with Crippen LogP contribution in [-0.4, -0.2) is 42.7 Å². The van der Waals surface area contributed by atoms with Crippen LogP contribution >= 0.6 is 0 Å². The van der Waals surface area contributed by atoms with Crippen LogP contribution in [0.5, 0.6) is 0 Å². The molecule has 35 heavy (non-hydrogen) atoms. The average molecular weight is 493 g/mol. The Balaban J connectivity index is 1.16.